The minimum atomic E-state index is 0.231. The summed E-state index contributed by atoms with van der Waals surface area (Å²) >= 11 is 0. The van der Waals surface area contributed by atoms with E-state index in [1.54, 1.807) is 0 Å². The Labute approximate surface area is 123 Å². The molecule has 1 rings (SSSR count). The number of likely N-dealkylation sites (N-methyl/N-ethyl adjacent to an activating group) is 1. The van der Waals surface area contributed by atoms with Gasteiger partial charge >= 0.3 is 0 Å². The van der Waals surface area contributed by atoms with Crippen LogP contribution in [0.1, 0.15) is 34.8 Å². The lowest BCUT2D eigenvalue weighted by Crippen LogP contribution is -2.36. The molecule has 0 bridgehead atoms. The fourth-order valence-corrected chi connectivity index (χ4v) is 2.34. The number of nitrogens with zero attached hydrogens (tertiary/aromatic N) is 2. The van der Waals surface area contributed by atoms with Crippen LogP contribution >= 0.6 is 0 Å². The van der Waals surface area contributed by atoms with Crippen molar-refractivity contribution in [1.82, 2.24) is 9.80 Å². The summed E-state index contributed by atoms with van der Waals surface area (Å²) in [4.78, 5) is 16.9. The van der Waals surface area contributed by atoms with Crippen LogP contribution in [-0.4, -0.2) is 55.9 Å². The molecule has 0 fully saturated rings. The van der Waals surface area contributed by atoms with E-state index in [0.29, 0.717) is 6.54 Å². The van der Waals surface area contributed by atoms with Crippen LogP contribution in [0.2, 0.25) is 0 Å². The number of ketones is 1. The number of carbonyl (C=O) groups is 1. The normalized spacial score (nSPS) is 11.3. The first kappa shape index (κ1) is 16.9. The van der Waals surface area contributed by atoms with Crippen LogP contribution in [0.5, 0.6) is 0 Å². The Hall–Kier alpha value is -1.19. The van der Waals surface area contributed by atoms with Crippen molar-refractivity contribution >= 4 is 5.78 Å². The third-order valence-corrected chi connectivity index (χ3v) is 3.45. The Balaban J connectivity index is 2.69. The van der Waals surface area contributed by atoms with Crippen LogP contribution in [0.3, 0.4) is 0 Å². The van der Waals surface area contributed by atoms with Gasteiger partial charge in [-0.3, -0.25) is 9.69 Å². The second-order valence-electron chi connectivity index (χ2n) is 5.82. The first-order valence-electron chi connectivity index (χ1n) is 7.41. The predicted octanol–water partition coefficient (Wildman–Crippen LogP) is 2.76. The van der Waals surface area contributed by atoms with Crippen LogP contribution in [-0.2, 0) is 0 Å². The fraction of sp³-hybridized carbons (Fsp3) is 0.588. The minimum Gasteiger partial charge on any atom is -0.308 e. The van der Waals surface area contributed by atoms with Crippen molar-refractivity contribution in [3.05, 3.63) is 34.9 Å². The number of aryl methyl sites for hydroxylation is 2. The maximum absolute atomic E-state index is 12.5. The molecule has 3 heteroatoms. The van der Waals surface area contributed by atoms with Crippen LogP contribution in [0.4, 0.5) is 0 Å². The molecule has 0 aliphatic rings. The molecule has 0 heterocycles. The molecule has 1 aromatic rings. The molecule has 0 N–H and O–H groups in total. The van der Waals surface area contributed by atoms with Crippen LogP contribution in [0, 0.1) is 13.8 Å². The van der Waals surface area contributed by atoms with Gasteiger partial charge in [-0.15, -0.1) is 0 Å². The maximum atomic E-state index is 12.5. The second-order valence-corrected chi connectivity index (χ2v) is 5.82. The molecule has 0 radical (unpaired) electrons. The average molecular weight is 276 g/mol. The molecule has 0 amide bonds. The lowest BCUT2D eigenvalue weighted by atomic mass is 10.0. The third kappa shape index (κ3) is 5.43. The summed E-state index contributed by atoms with van der Waals surface area (Å²) in [5.74, 6) is 0.231. The zero-order valence-electron chi connectivity index (χ0n) is 13.6. The zero-order chi connectivity index (χ0) is 15.1. The molecule has 3 nitrogen and oxygen atoms in total. The number of hydrogen-bond donors (Lipinski definition) is 0. The predicted molar refractivity (Wildman–Crippen MR) is 85.5 cm³/mol. The zero-order valence-corrected chi connectivity index (χ0v) is 13.6. The van der Waals surface area contributed by atoms with E-state index in [4.69, 9.17) is 0 Å². The minimum absolute atomic E-state index is 0.231. The van der Waals surface area contributed by atoms with Gasteiger partial charge in [-0.05, 0) is 46.5 Å². The summed E-state index contributed by atoms with van der Waals surface area (Å²) in [5, 5.41) is 0. The standard InChI is InChI=1S/C17H28N2O/c1-6-9-19(11-10-18(4)5)13-17(20)16-8-7-14(2)12-15(16)3/h7-8,12H,6,9-11,13H2,1-5H3. The van der Waals surface area contributed by atoms with Crippen LogP contribution in [0.25, 0.3) is 0 Å². The van der Waals surface area contributed by atoms with E-state index in [0.717, 1.165) is 37.2 Å². The Morgan fingerprint density at radius 2 is 1.80 bits per heavy atom. The highest BCUT2D eigenvalue weighted by atomic mass is 16.1. The molecule has 0 aliphatic carbocycles. The van der Waals surface area contributed by atoms with Crippen LogP contribution < -0.4 is 0 Å². The molecule has 0 unspecified atom stereocenters. The fourth-order valence-electron chi connectivity index (χ4n) is 2.34. The molecular formula is C17H28N2O. The first-order valence-corrected chi connectivity index (χ1v) is 7.41. The van der Waals surface area contributed by atoms with E-state index in [2.05, 4.69) is 43.8 Å². The number of carbonyl (C=O) groups excluding carboxylic acids is 1. The molecule has 0 saturated carbocycles. The lowest BCUT2D eigenvalue weighted by Gasteiger charge is -2.23. The average Bonchev–Trinajstić information content (AvgIpc) is 2.35. The monoisotopic (exact) mass is 276 g/mol. The highest BCUT2D eigenvalue weighted by molar-refractivity contribution is 5.98. The van der Waals surface area contributed by atoms with E-state index < -0.39 is 0 Å². The molecule has 0 aliphatic heterocycles. The van der Waals surface area contributed by atoms with Crippen molar-refractivity contribution in [3.63, 3.8) is 0 Å². The van der Waals surface area contributed by atoms with E-state index in [1.165, 1.54) is 5.56 Å². The van der Waals surface area contributed by atoms with E-state index >= 15 is 0 Å². The molecule has 112 valence electrons. The SMILES string of the molecule is CCCN(CCN(C)C)CC(=O)c1ccc(C)cc1C. The van der Waals surface area contributed by atoms with Gasteiger partial charge in [-0.1, -0.05) is 30.7 Å². The van der Waals surface area contributed by atoms with E-state index in [9.17, 15) is 4.79 Å². The van der Waals surface area contributed by atoms with E-state index in [-0.39, 0.29) is 5.78 Å². The van der Waals surface area contributed by atoms with Crippen molar-refractivity contribution < 1.29 is 4.79 Å². The summed E-state index contributed by atoms with van der Waals surface area (Å²) in [6.45, 7) is 9.66. The highest BCUT2D eigenvalue weighted by Gasteiger charge is 2.14. The highest BCUT2D eigenvalue weighted by Crippen LogP contribution is 2.12. The summed E-state index contributed by atoms with van der Waals surface area (Å²) in [7, 11) is 4.13. The smallest absolute Gasteiger partial charge is 0.177 e. The second kappa shape index (κ2) is 8.18. The summed E-state index contributed by atoms with van der Waals surface area (Å²) < 4.78 is 0. The summed E-state index contributed by atoms with van der Waals surface area (Å²) in [6, 6.07) is 6.06. The van der Waals surface area contributed by atoms with E-state index in [1.807, 2.05) is 19.1 Å². The number of hydrogen-bond acceptors (Lipinski definition) is 3. The number of benzene rings is 1. The molecule has 20 heavy (non-hydrogen) atoms. The Bertz CT molecular complexity index is 441. The summed E-state index contributed by atoms with van der Waals surface area (Å²) in [5.41, 5.74) is 3.15. The van der Waals surface area contributed by atoms with Crippen LogP contribution in [0.15, 0.2) is 18.2 Å². The molecule has 0 spiro atoms. The van der Waals surface area contributed by atoms with Gasteiger partial charge in [0.1, 0.15) is 0 Å². The van der Waals surface area contributed by atoms with Gasteiger partial charge in [0.2, 0.25) is 0 Å². The van der Waals surface area contributed by atoms with Crippen molar-refractivity contribution in [2.75, 3.05) is 40.3 Å². The van der Waals surface area contributed by atoms with Gasteiger partial charge in [0.25, 0.3) is 0 Å². The van der Waals surface area contributed by atoms with Gasteiger partial charge in [0.15, 0.2) is 5.78 Å². The summed E-state index contributed by atoms with van der Waals surface area (Å²) in [6.07, 6.45) is 1.08. The van der Waals surface area contributed by atoms with Crippen molar-refractivity contribution in [2.45, 2.75) is 27.2 Å². The van der Waals surface area contributed by atoms with Gasteiger partial charge in [0.05, 0.1) is 6.54 Å². The lowest BCUT2D eigenvalue weighted by molar-refractivity contribution is 0.0924. The maximum Gasteiger partial charge on any atom is 0.177 e. The van der Waals surface area contributed by atoms with Gasteiger partial charge < -0.3 is 4.90 Å². The van der Waals surface area contributed by atoms with Gasteiger partial charge in [-0.25, -0.2) is 0 Å². The van der Waals surface area contributed by atoms with Gasteiger partial charge in [0, 0.05) is 18.7 Å². The number of Topliss-reactive ketones (excluding diaryl/α,β-unsaturated/α-hetero) is 1. The van der Waals surface area contributed by atoms with Crippen molar-refractivity contribution in [3.8, 4) is 0 Å². The molecular weight excluding hydrogens is 248 g/mol. The quantitative estimate of drug-likeness (QED) is 0.682. The van der Waals surface area contributed by atoms with Crippen molar-refractivity contribution in [2.24, 2.45) is 0 Å². The molecule has 0 aromatic heterocycles. The third-order valence-electron chi connectivity index (χ3n) is 3.45. The van der Waals surface area contributed by atoms with Gasteiger partial charge in [-0.2, -0.15) is 0 Å². The Morgan fingerprint density at radius 3 is 2.35 bits per heavy atom. The molecule has 1 aromatic carbocycles. The first-order chi connectivity index (χ1) is 9.43. The Morgan fingerprint density at radius 1 is 1.10 bits per heavy atom. The number of rotatable bonds is 8. The molecule has 0 atom stereocenters. The topological polar surface area (TPSA) is 23.6 Å². The largest absolute Gasteiger partial charge is 0.308 e. The Kier molecular flexibility index (Phi) is 6.89. The van der Waals surface area contributed by atoms with Crippen molar-refractivity contribution in [1.29, 1.82) is 0 Å². The molecule has 0 saturated heterocycles.